The molecule has 1 aromatic carbocycles. The van der Waals surface area contributed by atoms with Gasteiger partial charge in [0.25, 0.3) is 5.91 Å². The summed E-state index contributed by atoms with van der Waals surface area (Å²) in [5, 5.41) is 0. The van der Waals surface area contributed by atoms with Gasteiger partial charge in [0, 0.05) is 32.3 Å². The van der Waals surface area contributed by atoms with Crippen molar-refractivity contribution in [1.82, 2.24) is 9.62 Å². The summed E-state index contributed by atoms with van der Waals surface area (Å²) >= 11 is 0. The van der Waals surface area contributed by atoms with Gasteiger partial charge in [0.05, 0.1) is 13.7 Å². The monoisotopic (exact) mass is 356 g/mol. The molecule has 1 aliphatic heterocycles. The number of ether oxygens (including phenoxy) is 2. The van der Waals surface area contributed by atoms with Gasteiger partial charge in [0.1, 0.15) is 10.6 Å². The molecular weight excluding hydrogens is 332 g/mol. The number of methoxy groups -OCH3 is 2. The summed E-state index contributed by atoms with van der Waals surface area (Å²) in [6.07, 6.45) is 3.08. The third-order valence-corrected chi connectivity index (χ3v) is 5.42. The summed E-state index contributed by atoms with van der Waals surface area (Å²) < 4.78 is 37.4. The van der Waals surface area contributed by atoms with Crippen molar-refractivity contribution in [1.29, 1.82) is 0 Å². The minimum atomic E-state index is -3.79. The lowest BCUT2D eigenvalue weighted by Crippen LogP contribution is -2.35. The van der Waals surface area contributed by atoms with E-state index in [9.17, 15) is 13.2 Å². The van der Waals surface area contributed by atoms with Crippen LogP contribution >= 0.6 is 0 Å². The molecule has 0 bridgehead atoms. The number of carbonyl (C=O) groups excluding carboxylic acids is 1. The van der Waals surface area contributed by atoms with Crippen molar-refractivity contribution in [2.45, 2.75) is 24.2 Å². The fourth-order valence-electron chi connectivity index (χ4n) is 2.66. The highest BCUT2D eigenvalue weighted by molar-refractivity contribution is 7.89. The predicted octanol–water partition coefficient (Wildman–Crippen LogP) is 1.25. The van der Waals surface area contributed by atoms with E-state index in [0.717, 1.165) is 19.3 Å². The van der Waals surface area contributed by atoms with Gasteiger partial charge >= 0.3 is 0 Å². The van der Waals surface area contributed by atoms with Crippen LogP contribution in [0.3, 0.4) is 0 Å². The fraction of sp³-hybridized carbons (Fsp3) is 0.562. The van der Waals surface area contributed by atoms with E-state index in [0.29, 0.717) is 18.7 Å². The molecule has 1 aromatic rings. The molecule has 0 atom stereocenters. The van der Waals surface area contributed by atoms with Gasteiger partial charge < -0.3 is 14.4 Å². The molecule has 0 aliphatic carbocycles. The van der Waals surface area contributed by atoms with Gasteiger partial charge in [0.2, 0.25) is 10.0 Å². The van der Waals surface area contributed by atoms with E-state index in [4.69, 9.17) is 9.47 Å². The Kier molecular flexibility index (Phi) is 6.59. The SMILES string of the molecule is COCCNS(=O)(=O)c1cc(C(=O)N2CCCCC2)ccc1OC. The van der Waals surface area contributed by atoms with Crippen LogP contribution in [0.15, 0.2) is 23.1 Å². The number of nitrogens with one attached hydrogen (secondary N) is 1. The van der Waals surface area contributed by atoms with E-state index in [2.05, 4.69) is 4.72 Å². The van der Waals surface area contributed by atoms with Gasteiger partial charge in [-0.1, -0.05) is 0 Å². The fourth-order valence-corrected chi connectivity index (χ4v) is 3.86. The lowest BCUT2D eigenvalue weighted by molar-refractivity contribution is 0.0724. The van der Waals surface area contributed by atoms with Crippen LogP contribution in [0, 0.1) is 0 Å². The van der Waals surface area contributed by atoms with Crippen molar-refractivity contribution in [3.8, 4) is 5.75 Å². The molecule has 134 valence electrons. The van der Waals surface area contributed by atoms with Crippen LogP contribution in [0.25, 0.3) is 0 Å². The first-order valence-electron chi connectivity index (χ1n) is 7.95. The molecule has 0 aromatic heterocycles. The normalized spacial score (nSPS) is 15.3. The minimum absolute atomic E-state index is 0.0380. The molecule has 8 heteroatoms. The first-order chi connectivity index (χ1) is 11.5. The largest absolute Gasteiger partial charge is 0.495 e. The topological polar surface area (TPSA) is 84.9 Å². The third kappa shape index (κ3) is 4.46. The Labute approximate surface area is 143 Å². The Balaban J connectivity index is 2.28. The molecule has 1 aliphatic rings. The second-order valence-electron chi connectivity index (χ2n) is 5.61. The summed E-state index contributed by atoms with van der Waals surface area (Å²) in [6.45, 7) is 1.82. The van der Waals surface area contributed by atoms with Crippen molar-refractivity contribution in [3.63, 3.8) is 0 Å². The summed E-state index contributed by atoms with van der Waals surface area (Å²) in [6, 6.07) is 4.50. The van der Waals surface area contributed by atoms with E-state index in [-0.39, 0.29) is 29.7 Å². The van der Waals surface area contributed by atoms with E-state index < -0.39 is 10.0 Å². The molecule has 24 heavy (non-hydrogen) atoms. The zero-order chi connectivity index (χ0) is 17.6. The number of piperidine rings is 1. The van der Waals surface area contributed by atoms with Crippen molar-refractivity contribution >= 4 is 15.9 Å². The summed E-state index contributed by atoms with van der Waals surface area (Å²) in [5.74, 6) is 0.0563. The van der Waals surface area contributed by atoms with Crippen molar-refractivity contribution in [2.75, 3.05) is 40.5 Å². The van der Waals surface area contributed by atoms with Gasteiger partial charge in [-0.2, -0.15) is 0 Å². The lowest BCUT2D eigenvalue weighted by Gasteiger charge is -2.27. The van der Waals surface area contributed by atoms with Crippen molar-refractivity contribution < 1.29 is 22.7 Å². The average Bonchev–Trinajstić information content (AvgIpc) is 2.61. The maximum atomic E-state index is 12.6. The molecule has 0 spiro atoms. The Morgan fingerprint density at radius 3 is 2.54 bits per heavy atom. The molecule has 2 rings (SSSR count). The number of sulfonamides is 1. The highest BCUT2D eigenvalue weighted by Gasteiger charge is 2.24. The molecule has 0 radical (unpaired) electrons. The zero-order valence-electron chi connectivity index (χ0n) is 14.1. The Morgan fingerprint density at radius 2 is 1.92 bits per heavy atom. The molecule has 1 saturated heterocycles. The van der Waals surface area contributed by atoms with Crippen LogP contribution in [0.4, 0.5) is 0 Å². The number of hydrogen-bond donors (Lipinski definition) is 1. The number of rotatable bonds is 7. The molecule has 1 heterocycles. The maximum absolute atomic E-state index is 12.6. The second-order valence-corrected chi connectivity index (χ2v) is 7.34. The molecule has 0 saturated carbocycles. The van der Waals surface area contributed by atoms with Crippen LogP contribution in [0.1, 0.15) is 29.6 Å². The molecule has 1 amide bonds. The van der Waals surface area contributed by atoms with Gasteiger partial charge in [-0.25, -0.2) is 13.1 Å². The molecule has 1 fully saturated rings. The maximum Gasteiger partial charge on any atom is 0.253 e. The van der Waals surface area contributed by atoms with Crippen molar-refractivity contribution in [2.24, 2.45) is 0 Å². The Bertz CT molecular complexity index is 669. The first-order valence-corrected chi connectivity index (χ1v) is 9.44. The van der Waals surface area contributed by atoms with Crippen LogP contribution in [0.2, 0.25) is 0 Å². The average molecular weight is 356 g/mol. The minimum Gasteiger partial charge on any atom is -0.495 e. The molecular formula is C16H24N2O5S. The van der Waals surface area contributed by atoms with Crippen molar-refractivity contribution in [3.05, 3.63) is 23.8 Å². The predicted molar refractivity (Wildman–Crippen MR) is 89.8 cm³/mol. The lowest BCUT2D eigenvalue weighted by atomic mass is 10.1. The number of carbonyl (C=O) groups is 1. The van der Waals surface area contributed by atoms with Crippen LogP contribution in [-0.2, 0) is 14.8 Å². The number of nitrogens with zero attached hydrogens (tertiary/aromatic N) is 1. The number of benzene rings is 1. The first kappa shape index (κ1) is 18.7. The summed E-state index contributed by atoms with van der Waals surface area (Å²) in [5.41, 5.74) is 0.352. The van der Waals surface area contributed by atoms with Gasteiger partial charge in [-0.15, -0.1) is 0 Å². The van der Waals surface area contributed by atoms with E-state index >= 15 is 0 Å². The smallest absolute Gasteiger partial charge is 0.253 e. The molecule has 7 nitrogen and oxygen atoms in total. The number of likely N-dealkylation sites (tertiary alicyclic amines) is 1. The van der Waals surface area contributed by atoms with Gasteiger partial charge in [-0.3, -0.25) is 4.79 Å². The highest BCUT2D eigenvalue weighted by atomic mass is 32.2. The zero-order valence-corrected chi connectivity index (χ0v) is 14.9. The number of amides is 1. The van der Waals surface area contributed by atoms with E-state index in [1.165, 1.54) is 26.4 Å². The quantitative estimate of drug-likeness (QED) is 0.743. The molecule has 1 N–H and O–H groups in total. The van der Waals surface area contributed by atoms with Gasteiger partial charge in [-0.05, 0) is 37.5 Å². The highest BCUT2D eigenvalue weighted by Crippen LogP contribution is 2.26. The Morgan fingerprint density at radius 1 is 1.21 bits per heavy atom. The summed E-state index contributed by atoms with van der Waals surface area (Å²) in [7, 11) is -0.896. The van der Waals surface area contributed by atoms with E-state index in [1.54, 1.807) is 11.0 Å². The van der Waals surface area contributed by atoms with Crippen LogP contribution in [-0.4, -0.2) is 59.7 Å². The summed E-state index contributed by atoms with van der Waals surface area (Å²) in [4.78, 5) is 14.3. The van der Waals surface area contributed by atoms with Gasteiger partial charge in [0.15, 0.2) is 0 Å². The molecule has 0 unspecified atom stereocenters. The second kappa shape index (κ2) is 8.46. The third-order valence-electron chi connectivity index (χ3n) is 3.94. The van der Waals surface area contributed by atoms with Crippen LogP contribution < -0.4 is 9.46 Å². The van der Waals surface area contributed by atoms with Crippen LogP contribution in [0.5, 0.6) is 5.75 Å². The Hall–Kier alpha value is -1.64. The number of hydrogen-bond acceptors (Lipinski definition) is 5. The standard InChI is InChI=1S/C16H24N2O5S/c1-22-11-8-17-24(20,21)15-12-13(6-7-14(15)23-2)16(19)18-9-4-3-5-10-18/h6-7,12,17H,3-5,8-11H2,1-2H3. The van der Waals surface area contributed by atoms with E-state index in [1.807, 2.05) is 0 Å².